The van der Waals surface area contributed by atoms with Crippen molar-refractivity contribution in [2.45, 2.75) is 38.8 Å². The molecule has 0 saturated heterocycles. The van der Waals surface area contributed by atoms with Crippen LogP contribution in [0.15, 0.2) is 4.52 Å². The summed E-state index contributed by atoms with van der Waals surface area (Å²) in [5, 5.41) is 3.81. The van der Waals surface area contributed by atoms with Crippen molar-refractivity contribution in [3.05, 3.63) is 11.7 Å². The van der Waals surface area contributed by atoms with Crippen LogP contribution in [0.1, 0.15) is 38.1 Å². The highest BCUT2D eigenvalue weighted by molar-refractivity contribution is 4.91. The van der Waals surface area contributed by atoms with Crippen molar-refractivity contribution in [2.24, 2.45) is 5.73 Å². The highest BCUT2D eigenvalue weighted by Crippen LogP contribution is 2.12. The van der Waals surface area contributed by atoms with Gasteiger partial charge in [0.05, 0.1) is 0 Å². The third-order valence-electron chi connectivity index (χ3n) is 2.16. The Bertz CT molecular complexity index is 275. The van der Waals surface area contributed by atoms with E-state index in [1.165, 1.54) is 0 Å². The third-order valence-corrected chi connectivity index (χ3v) is 2.16. The molecule has 0 fully saturated rings. The molecule has 0 saturated carbocycles. The minimum atomic E-state index is -0.134. The normalized spacial score (nSPS) is 15.4. The number of rotatable bonds is 5. The Labute approximate surface area is 83.6 Å². The number of hydrogen-bond donors (Lipinski definition) is 1. The first kappa shape index (κ1) is 11.1. The first-order valence-corrected chi connectivity index (χ1v) is 4.78. The zero-order valence-corrected chi connectivity index (χ0v) is 8.86. The highest BCUT2D eigenvalue weighted by atomic mass is 16.5. The van der Waals surface area contributed by atoms with Crippen molar-refractivity contribution in [1.82, 2.24) is 10.1 Å². The van der Waals surface area contributed by atoms with Gasteiger partial charge in [-0.25, -0.2) is 0 Å². The van der Waals surface area contributed by atoms with Crippen LogP contribution < -0.4 is 5.73 Å². The van der Waals surface area contributed by atoms with Gasteiger partial charge >= 0.3 is 0 Å². The SMILES string of the molecule is CCC(N)Cc1nc(C(C)OC)no1. The molecule has 80 valence electrons. The summed E-state index contributed by atoms with van der Waals surface area (Å²) in [6.07, 6.45) is 1.39. The number of methoxy groups -OCH3 is 1. The second-order valence-electron chi connectivity index (χ2n) is 3.30. The Morgan fingerprint density at radius 3 is 2.86 bits per heavy atom. The molecule has 2 atom stereocenters. The molecule has 0 amide bonds. The molecule has 0 radical (unpaired) electrons. The second-order valence-corrected chi connectivity index (χ2v) is 3.30. The molecule has 1 aromatic rings. The van der Waals surface area contributed by atoms with E-state index >= 15 is 0 Å². The Morgan fingerprint density at radius 2 is 2.29 bits per heavy atom. The number of nitrogens with two attached hydrogens (primary N) is 1. The number of aromatic nitrogens is 2. The van der Waals surface area contributed by atoms with Crippen molar-refractivity contribution < 1.29 is 9.26 Å². The molecule has 5 nitrogen and oxygen atoms in total. The van der Waals surface area contributed by atoms with Crippen LogP contribution in [0.2, 0.25) is 0 Å². The first-order valence-electron chi connectivity index (χ1n) is 4.78. The van der Waals surface area contributed by atoms with Gasteiger partial charge in [0.2, 0.25) is 5.89 Å². The summed E-state index contributed by atoms with van der Waals surface area (Å²) in [4.78, 5) is 4.19. The van der Waals surface area contributed by atoms with Crippen LogP contribution in [0.25, 0.3) is 0 Å². The van der Waals surface area contributed by atoms with Gasteiger partial charge in [-0.2, -0.15) is 4.98 Å². The quantitative estimate of drug-likeness (QED) is 0.767. The zero-order valence-electron chi connectivity index (χ0n) is 8.86. The van der Waals surface area contributed by atoms with Gasteiger partial charge in [0.25, 0.3) is 0 Å². The fourth-order valence-corrected chi connectivity index (χ4v) is 0.990. The smallest absolute Gasteiger partial charge is 0.228 e. The molecule has 0 aliphatic heterocycles. The molecule has 0 bridgehead atoms. The van der Waals surface area contributed by atoms with Gasteiger partial charge in [-0.05, 0) is 13.3 Å². The Balaban J connectivity index is 2.59. The summed E-state index contributed by atoms with van der Waals surface area (Å²) in [6, 6.07) is 0.0844. The molecular weight excluding hydrogens is 182 g/mol. The molecule has 2 N–H and O–H groups in total. The monoisotopic (exact) mass is 199 g/mol. The summed E-state index contributed by atoms with van der Waals surface area (Å²) >= 11 is 0. The predicted octanol–water partition coefficient (Wildman–Crippen LogP) is 1.06. The van der Waals surface area contributed by atoms with E-state index in [1.54, 1.807) is 7.11 Å². The van der Waals surface area contributed by atoms with Gasteiger partial charge in [-0.1, -0.05) is 12.1 Å². The molecule has 0 spiro atoms. The fourth-order valence-electron chi connectivity index (χ4n) is 0.990. The van der Waals surface area contributed by atoms with Crippen LogP contribution in [-0.2, 0) is 11.2 Å². The standard InChI is InChI=1S/C9H17N3O2/c1-4-7(10)5-8-11-9(12-14-8)6(2)13-3/h6-7H,4-5,10H2,1-3H3. The molecule has 0 aliphatic rings. The summed E-state index contributed by atoms with van der Waals surface area (Å²) < 4.78 is 10.1. The zero-order chi connectivity index (χ0) is 10.6. The molecule has 1 heterocycles. The molecular formula is C9H17N3O2. The van der Waals surface area contributed by atoms with Gasteiger partial charge in [0.15, 0.2) is 5.82 Å². The lowest BCUT2D eigenvalue weighted by atomic mass is 10.2. The van der Waals surface area contributed by atoms with Crippen LogP contribution in [0, 0.1) is 0 Å². The van der Waals surface area contributed by atoms with E-state index in [0.29, 0.717) is 18.1 Å². The Morgan fingerprint density at radius 1 is 1.57 bits per heavy atom. The summed E-state index contributed by atoms with van der Waals surface area (Å²) in [6.45, 7) is 3.90. The number of hydrogen-bond acceptors (Lipinski definition) is 5. The van der Waals surface area contributed by atoms with Crippen LogP contribution in [-0.4, -0.2) is 23.3 Å². The van der Waals surface area contributed by atoms with Crippen molar-refractivity contribution in [3.8, 4) is 0 Å². The Hall–Kier alpha value is -0.940. The van der Waals surface area contributed by atoms with E-state index in [4.69, 9.17) is 15.0 Å². The first-order chi connectivity index (χ1) is 6.67. The van der Waals surface area contributed by atoms with Crippen LogP contribution in [0.4, 0.5) is 0 Å². The van der Waals surface area contributed by atoms with Crippen LogP contribution in [0.5, 0.6) is 0 Å². The minimum absolute atomic E-state index is 0.0844. The molecule has 1 rings (SSSR count). The molecule has 5 heteroatoms. The lowest BCUT2D eigenvalue weighted by Crippen LogP contribution is -2.21. The van der Waals surface area contributed by atoms with Crippen LogP contribution >= 0.6 is 0 Å². The van der Waals surface area contributed by atoms with Crippen molar-refractivity contribution in [3.63, 3.8) is 0 Å². The lowest BCUT2D eigenvalue weighted by Gasteiger charge is -2.03. The van der Waals surface area contributed by atoms with E-state index in [0.717, 1.165) is 6.42 Å². The molecule has 0 aromatic carbocycles. The summed E-state index contributed by atoms with van der Waals surface area (Å²) in [5.41, 5.74) is 5.76. The van der Waals surface area contributed by atoms with Crippen molar-refractivity contribution in [1.29, 1.82) is 0 Å². The van der Waals surface area contributed by atoms with Gasteiger partial charge in [-0.3, -0.25) is 0 Å². The van der Waals surface area contributed by atoms with Gasteiger partial charge in [0, 0.05) is 19.6 Å². The molecule has 0 aliphatic carbocycles. The molecule has 2 unspecified atom stereocenters. The fraction of sp³-hybridized carbons (Fsp3) is 0.778. The highest BCUT2D eigenvalue weighted by Gasteiger charge is 2.14. The minimum Gasteiger partial charge on any atom is -0.374 e. The number of nitrogens with zero attached hydrogens (tertiary/aromatic N) is 2. The largest absolute Gasteiger partial charge is 0.374 e. The van der Waals surface area contributed by atoms with E-state index in [-0.39, 0.29) is 12.1 Å². The summed E-state index contributed by atoms with van der Waals surface area (Å²) in [5.74, 6) is 1.16. The topological polar surface area (TPSA) is 74.2 Å². The van der Waals surface area contributed by atoms with Gasteiger partial charge in [-0.15, -0.1) is 0 Å². The van der Waals surface area contributed by atoms with E-state index in [1.807, 2.05) is 13.8 Å². The second kappa shape index (κ2) is 5.07. The number of ether oxygens (including phenoxy) is 1. The molecule has 1 aromatic heterocycles. The predicted molar refractivity (Wildman–Crippen MR) is 51.7 cm³/mol. The maximum atomic E-state index is 5.76. The maximum absolute atomic E-state index is 5.76. The third kappa shape index (κ3) is 2.78. The van der Waals surface area contributed by atoms with Crippen LogP contribution in [0.3, 0.4) is 0 Å². The lowest BCUT2D eigenvalue weighted by molar-refractivity contribution is 0.109. The van der Waals surface area contributed by atoms with E-state index < -0.39 is 0 Å². The van der Waals surface area contributed by atoms with E-state index in [2.05, 4.69) is 10.1 Å². The average Bonchev–Trinajstić information content (AvgIpc) is 2.65. The maximum Gasteiger partial charge on any atom is 0.228 e. The van der Waals surface area contributed by atoms with E-state index in [9.17, 15) is 0 Å². The van der Waals surface area contributed by atoms with Gasteiger partial charge in [0.1, 0.15) is 6.10 Å². The van der Waals surface area contributed by atoms with Crippen molar-refractivity contribution >= 4 is 0 Å². The van der Waals surface area contributed by atoms with Crippen molar-refractivity contribution in [2.75, 3.05) is 7.11 Å². The average molecular weight is 199 g/mol. The Kier molecular flexibility index (Phi) is 4.03. The summed E-state index contributed by atoms with van der Waals surface area (Å²) in [7, 11) is 1.61. The molecule has 14 heavy (non-hydrogen) atoms. The van der Waals surface area contributed by atoms with Gasteiger partial charge < -0.3 is 15.0 Å².